The monoisotopic (exact) mass is 415 g/mol. The number of hydrogen-bond acceptors (Lipinski definition) is 6. The van der Waals surface area contributed by atoms with Crippen LogP contribution in [0.5, 0.6) is 6.01 Å². The van der Waals surface area contributed by atoms with E-state index < -0.39 is 0 Å². The van der Waals surface area contributed by atoms with Gasteiger partial charge in [-0.05, 0) is 24.3 Å². The lowest BCUT2D eigenvalue weighted by molar-refractivity contribution is -0.118. The molecule has 2 heterocycles. The number of nitrogens with zero attached hydrogens (tertiary/aromatic N) is 4. The molecule has 0 saturated heterocycles. The fourth-order valence-corrected chi connectivity index (χ4v) is 2.75. The Balaban J connectivity index is 1.87. The van der Waals surface area contributed by atoms with Gasteiger partial charge in [-0.25, -0.2) is 15.4 Å². The van der Waals surface area contributed by atoms with Crippen LogP contribution >= 0.6 is 11.6 Å². The van der Waals surface area contributed by atoms with Gasteiger partial charge in [0.25, 0.3) is 0 Å². The first-order valence-electron chi connectivity index (χ1n) is 8.92. The number of rotatable bonds is 5. The fourth-order valence-electron chi connectivity index (χ4n) is 2.54. The summed E-state index contributed by atoms with van der Waals surface area (Å²) in [6.07, 6.45) is 0. The second-order valence-electron chi connectivity index (χ2n) is 6.72. The van der Waals surface area contributed by atoms with E-state index in [0.717, 1.165) is 5.01 Å². The molecule has 0 spiro atoms. The van der Waals surface area contributed by atoms with Crippen LogP contribution in [0.4, 0.5) is 5.82 Å². The van der Waals surface area contributed by atoms with Crippen LogP contribution in [0.3, 0.4) is 0 Å². The Bertz CT molecular complexity index is 1060. The minimum Gasteiger partial charge on any atom is -0.458 e. The third-order valence-electron chi connectivity index (χ3n) is 4.08. The Morgan fingerprint density at radius 3 is 2.72 bits per heavy atom. The molecule has 3 aromatic rings. The largest absolute Gasteiger partial charge is 0.458 e. The van der Waals surface area contributed by atoms with Crippen LogP contribution in [-0.2, 0) is 11.4 Å². The molecule has 0 aliphatic carbocycles. The number of aromatic nitrogens is 3. The van der Waals surface area contributed by atoms with E-state index in [4.69, 9.17) is 27.6 Å². The Morgan fingerprint density at radius 2 is 2.03 bits per heavy atom. The van der Waals surface area contributed by atoms with Gasteiger partial charge in [0.05, 0.1) is 16.2 Å². The maximum absolute atomic E-state index is 11.9. The first-order valence-corrected chi connectivity index (χ1v) is 9.29. The zero-order valence-electron chi connectivity index (χ0n) is 16.3. The molecular weight excluding hydrogens is 394 g/mol. The fraction of sp³-hybridized carbons (Fsp3) is 0.263. The average Bonchev–Trinajstić information content (AvgIpc) is 3.05. The Hall–Kier alpha value is -3.17. The number of carbonyl (C=O) groups is 1. The number of benzene rings is 1. The molecule has 2 aromatic heterocycles. The molecule has 1 aromatic carbocycles. The van der Waals surface area contributed by atoms with Crippen LogP contribution < -0.4 is 15.9 Å². The number of halogens is 1. The van der Waals surface area contributed by atoms with Crippen molar-refractivity contribution < 1.29 is 9.53 Å². The second kappa shape index (κ2) is 8.46. The molecule has 29 heavy (non-hydrogen) atoms. The van der Waals surface area contributed by atoms with E-state index in [2.05, 4.69) is 15.3 Å². The minimum atomic E-state index is -0.152. The van der Waals surface area contributed by atoms with Gasteiger partial charge in [0.1, 0.15) is 17.9 Å². The number of nitrogens with one attached hydrogen (secondary N) is 2. The first kappa shape index (κ1) is 20.6. The van der Waals surface area contributed by atoms with E-state index in [1.54, 1.807) is 57.3 Å². The van der Waals surface area contributed by atoms with E-state index in [9.17, 15) is 4.79 Å². The lowest BCUT2D eigenvalue weighted by Gasteiger charge is -2.16. The summed E-state index contributed by atoms with van der Waals surface area (Å²) < 4.78 is 7.30. The number of ether oxygens (including phenoxy) is 1. The molecule has 0 atom stereocenters. The van der Waals surface area contributed by atoms with Gasteiger partial charge in [0, 0.05) is 13.0 Å². The summed E-state index contributed by atoms with van der Waals surface area (Å²) >= 11 is 6.24. The van der Waals surface area contributed by atoms with E-state index in [1.807, 2.05) is 0 Å². The number of fused-ring (bicyclic) bond motifs is 1. The molecule has 9 nitrogen and oxygen atoms in total. The van der Waals surface area contributed by atoms with E-state index in [0.29, 0.717) is 27.6 Å². The van der Waals surface area contributed by atoms with Gasteiger partial charge in [0.2, 0.25) is 11.9 Å². The summed E-state index contributed by atoms with van der Waals surface area (Å²) in [6, 6.07) is 10.7. The quantitative estimate of drug-likeness (QED) is 0.255. The number of para-hydroxylation sites is 1. The molecular formula is C19H22ClN7O2. The number of anilines is 1. The van der Waals surface area contributed by atoms with Crippen molar-refractivity contribution in [1.82, 2.24) is 19.5 Å². The lowest BCUT2D eigenvalue weighted by atomic mass is 10.2. The van der Waals surface area contributed by atoms with Crippen LogP contribution in [0, 0.1) is 11.3 Å². The van der Waals surface area contributed by atoms with Crippen molar-refractivity contribution in [2.24, 2.45) is 11.8 Å². The summed E-state index contributed by atoms with van der Waals surface area (Å²) in [5.41, 5.74) is 1.69. The smallest absolute Gasteiger partial charge is 0.304 e. The number of imidazole rings is 1. The highest BCUT2D eigenvalue weighted by atomic mass is 35.5. The van der Waals surface area contributed by atoms with Crippen molar-refractivity contribution in [2.45, 2.75) is 20.5 Å². The van der Waals surface area contributed by atoms with Crippen molar-refractivity contribution in [1.29, 1.82) is 5.41 Å². The summed E-state index contributed by atoms with van der Waals surface area (Å²) in [5.74, 6) is 5.88. The molecule has 152 valence electrons. The highest BCUT2D eigenvalue weighted by Gasteiger charge is 2.19. The van der Waals surface area contributed by atoms with Crippen LogP contribution in [0.1, 0.15) is 19.5 Å². The molecule has 10 heteroatoms. The van der Waals surface area contributed by atoms with Crippen LogP contribution in [-0.4, -0.2) is 38.5 Å². The number of amides is 1. The molecule has 0 bridgehead atoms. The van der Waals surface area contributed by atoms with Gasteiger partial charge < -0.3 is 10.1 Å². The average molecular weight is 416 g/mol. The Labute approximate surface area is 172 Å². The van der Waals surface area contributed by atoms with Gasteiger partial charge in [-0.3, -0.25) is 15.2 Å². The molecule has 1 amide bonds. The van der Waals surface area contributed by atoms with Crippen molar-refractivity contribution >= 4 is 40.3 Å². The van der Waals surface area contributed by atoms with Gasteiger partial charge in [0.15, 0.2) is 0 Å². The van der Waals surface area contributed by atoms with Gasteiger partial charge in [-0.2, -0.15) is 4.98 Å². The maximum atomic E-state index is 11.9. The van der Waals surface area contributed by atoms with Crippen LogP contribution in [0.25, 0.3) is 11.0 Å². The minimum absolute atomic E-state index is 0.0318. The molecule has 3 rings (SSSR count). The second-order valence-corrected chi connectivity index (χ2v) is 7.13. The Morgan fingerprint density at radius 1 is 1.31 bits per heavy atom. The topological polar surface area (TPSA) is 122 Å². The zero-order valence-corrected chi connectivity index (χ0v) is 17.1. The predicted molar refractivity (Wildman–Crippen MR) is 112 cm³/mol. The number of pyridine rings is 1. The number of hydrogen-bond donors (Lipinski definition) is 3. The van der Waals surface area contributed by atoms with E-state index in [-0.39, 0.29) is 30.4 Å². The highest BCUT2D eigenvalue weighted by molar-refractivity contribution is 6.35. The highest BCUT2D eigenvalue weighted by Crippen LogP contribution is 2.27. The number of carbonyl (C=O) groups excluding carboxylic acids is 1. The summed E-state index contributed by atoms with van der Waals surface area (Å²) in [6.45, 7) is 3.69. The third kappa shape index (κ3) is 4.47. The van der Waals surface area contributed by atoms with Gasteiger partial charge in [-0.1, -0.05) is 37.6 Å². The molecule has 0 aliphatic heterocycles. The summed E-state index contributed by atoms with van der Waals surface area (Å²) in [5, 5.41) is 12.6. The molecule has 4 N–H and O–H groups in total. The molecule has 0 saturated carbocycles. The standard InChI is InChI=1S/C19H22ClN7O2/c1-11(2)17(28)24-15-9-4-6-12(23-15)10-29-19-25-16-13(20)7-5-8-14(16)27(19)18(21)26(3)22/h4-9,11,21H,10,22H2,1-3H3,(H,23,24,28). The molecule has 0 fully saturated rings. The third-order valence-corrected chi connectivity index (χ3v) is 4.39. The number of hydrazine groups is 1. The van der Waals surface area contributed by atoms with Gasteiger partial charge >= 0.3 is 6.01 Å². The summed E-state index contributed by atoms with van der Waals surface area (Å²) in [7, 11) is 1.55. The Kier molecular flexibility index (Phi) is 6.00. The summed E-state index contributed by atoms with van der Waals surface area (Å²) in [4.78, 5) is 20.7. The van der Waals surface area contributed by atoms with Crippen molar-refractivity contribution in [3.8, 4) is 6.01 Å². The van der Waals surface area contributed by atoms with Crippen LogP contribution in [0.2, 0.25) is 5.02 Å². The predicted octanol–water partition coefficient (Wildman–Crippen LogP) is 2.85. The first-order chi connectivity index (χ1) is 13.8. The van der Waals surface area contributed by atoms with Gasteiger partial charge in [-0.15, -0.1) is 0 Å². The molecule has 0 aliphatic rings. The molecule has 0 unspecified atom stereocenters. The SMILES string of the molecule is CC(C)C(=O)Nc1cccc(COc2nc3c(Cl)cccc3n2C(=N)N(C)N)n1. The van der Waals surface area contributed by atoms with Crippen LogP contribution in [0.15, 0.2) is 36.4 Å². The van der Waals surface area contributed by atoms with Crippen molar-refractivity contribution in [3.63, 3.8) is 0 Å². The van der Waals surface area contributed by atoms with Crippen molar-refractivity contribution in [3.05, 3.63) is 47.1 Å². The lowest BCUT2D eigenvalue weighted by Crippen LogP contribution is -2.37. The van der Waals surface area contributed by atoms with E-state index in [1.165, 1.54) is 4.57 Å². The van der Waals surface area contributed by atoms with E-state index >= 15 is 0 Å². The zero-order chi connectivity index (χ0) is 21.1. The van der Waals surface area contributed by atoms with Crippen molar-refractivity contribution in [2.75, 3.05) is 12.4 Å². The number of nitrogens with two attached hydrogens (primary N) is 1. The molecule has 0 radical (unpaired) electrons. The normalized spacial score (nSPS) is 11.0. The maximum Gasteiger partial charge on any atom is 0.304 e.